The first-order valence-corrected chi connectivity index (χ1v) is 9.72. The van der Waals surface area contributed by atoms with E-state index in [2.05, 4.69) is 9.61 Å². The first kappa shape index (κ1) is 20.2. The summed E-state index contributed by atoms with van der Waals surface area (Å²) < 4.78 is 27.3. The van der Waals surface area contributed by atoms with Crippen LogP contribution < -0.4 is 4.72 Å². The first-order valence-electron chi connectivity index (χ1n) is 8.18. The molecule has 8 nitrogen and oxygen atoms in total. The number of anilines is 1. The molecule has 1 aliphatic rings. The molecular formula is C17H24N2O6S. The number of para-hydroxylation sites is 1. The van der Waals surface area contributed by atoms with Gasteiger partial charge >= 0.3 is 6.16 Å². The van der Waals surface area contributed by atoms with E-state index in [1.54, 1.807) is 30.3 Å². The highest BCUT2D eigenvalue weighted by molar-refractivity contribution is 7.95. The van der Waals surface area contributed by atoms with E-state index >= 15 is 0 Å². The Balaban J connectivity index is 2.16. The van der Waals surface area contributed by atoms with E-state index < -0.39 is 16.2 Å². The van der Waals surface area contributed by atoms with Crippen LogP contribution in [0.4, 0.5) is 10.5 Å². The van der Waals surface area contributed by atoms with Crippen LogP contribution in [-0.4, -0.2) is 37.5 Å². The van der Waals surface area contributed by atoms with Crippen molar-refractivity contribution in [2.75, 3.05) is 11.3 Å². The van der Waals surface area contributed by atoms with Gasteiger partial charge in [0.1, 0.15) is 0 Å². The predicted molar refractivity (Wildman–Crippen MR) is 96.4 cm³/mol. The molecule has 0 saturated carbocycles. The molecule has 0 amide bonds. The highest BCUT2D eigenvalue weighted by atomic mass is 32.2. The molecule has 144 valence electrons. The number of sulfonamides is 1. The van der Waals surface area contributed by atoms with Gasteiger partial charge in [0.05, 0.1) is 11.4 Å². The van der Waals surface area contributed by atoms with Crippen molar-refractivity contribution in [1.82, 2.24) is 5.06 Å². The molecule has 1 aromatic rings. The summed E-state index contributed by atoms with van der Waals surface area (Å²) in [7, 11) is -3.65. The lowest BCUT2D eigenvalue weighted by Crippen LogP contribution is -2.48. The largest absolute Gasteiger partial charge is 0.560 e. The summed E-state index contributed by atoms with van der Waals surface area (Å²) in [6.45, 7) is 6.16. The molecule has 1 heterocycles. The molecular weight excluding hydrogens is 360 g/mol. The number of rotatable bonds is 4. The number of nitrogens with one attached hydrogen (secondary N) is 1. The molecule has 9 heteroatoms. The number of benzene rings is 1. The topological polar surface area (TPSA) is 105 Å². The van der Waals surface area contributed by atoms with Gasteiger partial charge in [-0.3, -0.25) is 9.61 Å². The fraction of sp³-hybridized carbons (Fsp3) is 0.471. The summed E-state index contributed by atoms with van der Waals surface area (Å²) in [4.78, 5) is 19.8. The number of nitrogens with zero attached hydrogens (tertiary/aromatic N) is 1. The molecule has 1 fully saturated rings. The summed E-state index contributed by atoms with van der Waals surface area (Å²) in [6.07, 6.45) is -0.413. The maximum atomic E-state index is 12.4. The molecule has 0 bridgehead atoms. The predicted octanol–water partition coefficient (Wildman–Crippen LogP) is 3.36. The molecule has 0 radical (unpaired) electrons. The average Bonchev–Trinajstić information content (AvgIpc) is 2.55. The van der Waals surface area contributed by atoms with Crippen molar-refractivity contribution in [2.45, 2.75) is 39.7 Å². The minimum absolute atomic E-state index is 0.270. The maximum Gasteiger partial charge on any atom is 0.560 e. The second-order valence-electron chi connectivity index (χ2n) is 7.20. The first-order chi connectivity index (χ1) is 12.1. The van der Waals surface area contributed by atoms with Crippen molar-refractivity contribution in [3.05, 3.63) is 41.3 Å². The lowest BCUT2D eigenvalue weighted by molar-refractivity contribution is -0.253. The van der Waals surface area contributed by atoms with Gasteiger partial charge in [0.25, 0.3) is 10.0 Å². The molecule has 2 rings (SSSR count). The second-order valence-corrected chi connectivity index (χ2v) is 8.73. The van der Waals surface area contributed by atoms with Crippen LogP contribution in [0, 0.1) is 5.41 Å². The Kier molecular flexibility index (Phi) is 6.27. The van der Waals surface area contributed by atoms with Crippen molar-refractivity contribution in [1.29, 1.82) is 0 Å². The van der Waals surface area contributed by atoms with Crippen LogP contribution in [0.25, 0.3) is 0 Å². The van der Waals surface area contributed by atoms with Gasteiger partial charge < -0.3 is 4.84 Å². The van der Waals surface area contributed by atoms with Crippen LogP contribution in [0.5, 0.6) is 0 Å². The number of piperidine rings is 1. The Bertz CT molecular complexity index is 755. The van der Waals surface area contributed by atoms with Crippen LogP contribution >= 0.6 is 0 Å². The van der Waals surface area contributed by atoms with Gasteiger partial charge in [-0.1, -0.05) is 44.5 Å². The molecule has 1 atom stereocenters. The number of carbonyl (C=O) groups is 1. The van der Waals surface area contributed by atoms with Gasteiger partial charge in [0.15, 0.2) is 0 Å². The van der Waals surface area contributed by atoms with Crippen LogP contribution in [0.2, 0.25) is 0 Å². The standard InChI is InChI=1S/C17H24N2O6S/c1-17(2,3)15-11-13(9-10-19(15)24-16(20)25-21)12-26(22,23)18-14-7-5-4-6-8-14/h4-8,12,15,18,21H,9-11H2,1-3H3/b13-12-. The molecule has 0 aliphatic carbocycles. The highest BCUT2D eigenvalue weighted by Crippen LogP contribution is 2.35. The van der Waals surface area contributed by atoms with E-state index in [1.165, 1.54) is 10.5 Å². The molecule has 1 aromatic carbocycles. The summed E-state index contributed by atoms with van der Waals surface area (Å²) in [5.74, 6) is 0. The normalized spacial score (nSPS) is 20.6. The Morgan fingerprint density at radius 3 is 2.54 bits per heavy atom. The van der Waals surface area contributed by atoms with Crippen molar-refractivity contribution in [2.24, 2.45) is 5.41 Å². The Hall–Kier alpha value is -2.10. The van der Waals surface area contributed by atoms with E-state index in [4.69, 9.17) is 10.1 Å². The Morgan fingerprint density at radius 2 is 1.96 bits per heavy atom. The van der Waals surface area contributed by atoms with Crippen LogP contribution in [-0.2, 0) is 19.7 Å². The summed E-state index contributed by atoms with van der Waals surface area (Å²) in [6, 6.07) is 8.37. The molecule has 0 spiro atoms. The summed E-state index contributed by atoms with van der Waals surface area (Å²) >= 11 is 0. The van der Waals surface area contributed by atoms with Gasteiger partial charge in [-0.2, -0.15) is 10.1 Å². The quantitative estimate of drug-likeness (QED) is 0.606. The average molecular weight is 384 g/mol. The lowest BCUT2D eigenvalue weighted by atomic mass is 9.80. The number of hydroxylamine groups is 2. The van der Waals surface area contributed by atoms with Crippen molar-refractivity contribution >= 4 is 21.9 Å². The van der Waals surface area contributed by atoms with E-state index in [9.17, 15) is 13.2 Å². The number of hydrogen-bond donors (Lipinski definition) is 2. The van der Waals surface area contributed by atoms with Crippen molar-refractivity contribution < 1.29 is 28.2 Å². The zero-order valence-corrected chi connectivity index (χ0v) is 15.8. The number of hydrogen-bond acceptors (Lipinski definition) is 7. The Morgan fingerprint density at radius 1 is 1.31 bits per heavy atom. The molecule has 1 aliphatic heterocycles. The Labute approximate surface area is 153 Å². The smallest absolute Gasteiger partial charge is 0.333 e. The maximum absolute atomic E-state index is 12.4. The number of carbonyl (C=O) groups excluding carboxylic acids is 1. The molecule has 0 aromatic heterocycles. The van der Waals surface area contributed by atoms with E-state index in [-0.39, 0.29) is 11.5 Å². The molecule has 1 unspecified atom stereocenters. The van der Waals surface area contributed by atoms with Crippen LogP contribution in [0.15, 0.2) is 41.3 Å². The zero-order chi connectivity index (χ0) is 19.4. The molecule has 1 saturated heterocycles. The van der Waals surface area contributed by atoms with Crippen LogP contribution in [0.1, 0.15) is 33.6 Å². The van der Waals surface area contributed by atoms with E-state index in [0.717, 1.165) is 5.57 Å². The van der Waals surface area contributed by atoms with E-state index in [0.29, 0.717) is 25.1 Å². The summed E-state index contributed by atoms with van der Waals surface area (Å²) in [5.41, 5.74) is 0.917. The minimum Gasteiger partial charge on any atom is -0.333 e. The SMILES string of the molecule is CC(C)(C)C1C/C(=C\S(=O)(=O)Nc2ccccc2)CCN1OC(=O)OO. The van der Waals surface area contributed by atoms with E-state index in [1.807, 2.05) is 20.8 Å². The second kappa shape index (κ2) is 8.07. The monoisotopic (exact) mass is 384 g/mol. The fourth-order valence-corrected chi connectivity index (χ4v) is 4.02. The lowest BCUT2D eigenvalue weighted by Gasteiger charge is -2.41. The van der Waals surface area contributed by atoms with Gasteiger partial charge in [-0.25, -0.2) is 8.42 Å². The molecule has 2 N–H and O–H groups in total. The summed E-state index contributed by atoms with van der Waals surface area (Å²) in [5, 5.41) is 11.1. The third kappa shape index (κ3) is 5.72. The molecule has 26 heavy (non-hydrogen) atoms. The third-order valence-corrected chi connectivity index (χ3v) is 5.24. The van der Waals surface area contributed by atoms with Crippen molar-refractivity contribution in [3.63, 3.8) is 0 Å². The highest BCUT2D eigenvalue weighted by Gasteiger charge is 2.37. The van der Waals surface area contributed by atoms with Crippen LogP contribution in [0.3, 0.4) is 0 Å². The van der Waals surface area contributed by atoms with Gasteiger partial charge in [-0.15, -0.1) is 5.06 Å². The zero-order valence-electron chi connectivity index (χ0n) is 15.0. The minimum atomic E-state index is -3.65. The van der Waals surface area contributed by atoms with Gasteiger partial charge in [0, 0.05) is 12.2 Å². The van der Waals surface area contributed by atoms with Crippen molar-refractivity contribution in [3.8, 4) is 0 Å². The van der Waals surface area contributed by atoms with Gasteiger partial charge in [0.2, 0.25) is 0 Å². The fourth-order valence-electron chi connectivity index (χ4n) is 2.85. The van der Waals surface area contributed by atoms with Gasteiger partial charge in [-0.05, 0) is 30.4 Å². The third-order valence-electron chi connectivity index (χ3n) is 4.08.